The molecule has 1 N–H and O–H groups in total. The fourth-order valence-electron chi connectivity index (χ4n) is 4.74. The van der Waals surface area contributed by atoms with Crippen molar-refractivity contribution in [1.82, 2.24) is 19.7 Å². The molecule has 2 aromatic heterocycles. The molecule has 0 aromatic carbocycles. The molecular weight excluding hydrogens is 338 g/mol. The number of piperidine rings is 1. The van der Waals surface area contributed by atoms with Crippen LogP contribution in [0.1, 0.15) is 56.3 Å². The summed E-state index contributed by atoms with van der Waals surface area (Å²) in [6.45, 7) is 5.73. The second-order valence-corrected chi connectivity index (χ2v) is 8.26. The van der Waals surface area contributed by atoms with Gasteiger partial charge in [0.15, 0.2) is 5.82 Å². The first-order chi connectivity index (χ1) is 13.0. The van der Waals surface area contributed by atoms with E-state index in [4.69, 9.17) is 0 Å². The van der Waals surface area contributed by atoms with Crippen molar-refractivity contribution in [2.45, 2.75) is 58.8 Å². The van der Waals surface area contributed by atoms with Gasteiger partial charge in [-0.05, 0) is 63.1 Å². The maximum Gasteiger partial charge on any atom is 0.321 e. The maximum absolute atomic E-state index is 12.8. The Bertz CT molecular complexity index is 799. The highest BCUT2D eigenvalue weighted by Crippen LogP contribution is 2.43. The normalized spacial score (nSPS) is 19.3. The fourth-order valence-corrected chi connectivity index (χ4v) is 4.74. The lowest BCUT2D eigenvalue weighted by atomic mass is 9.69. The minimum absolute atomic E-state index is 0.000289. The zero-order valence-electron chi connectivity index (χ0n) is 16.4. The smallest absolute Gasteiger partial charge is 0.321 e. The minimum Gasteiger partial charge on any atom is -0.324 e. The first-order valence-electron chi connectivity index (χ1n) is 10.1. The molecule has 1 saturated heterocycles. The molecule has 0 unspecified atom stereocenters. The summed E-state index contributed by atoms with van der Waals surface area (Å²) < 4.78 is 1.82. The molecule has 1 saturated carbocycles. The van der Waals surface area contributed by atoms with Crippen LogP contribution in [0.4, 0.5) is 10.5 Å². The Kier molecular flexibility index (Phi) is 4.89. The monoisotopic (exact) mass is 367 g/mol. The molecule has 2 aliphatic rings. The van der Waals surface area contributed by atoms with E-state index in [1.807, 2.05) is 41.6 Å². The van der Waals surface area contributed by atoms with Gasteiger partial charge in [-0.3, -0.25) is 0 Å². The van der Waals surface area contributed by atoms with Gasteiger partial charge in [-0.15, -0.1) is 0 Å². The molecule has 3 heterocycles. The van der Waals surface area contributed by atoms with Crippen molar-refractivity contribution < 1.29 is 4.79 Å². The molecule has 0 bridgehead atoms. The van der Waals surface area contributed by atoms with E-state index in [0.717, 1.165) is 42.4 Å². The van der Waals surface area contributed by atoms with Crippen molar-refractivity contribution in [3.05, 3.63) is 35.8 Å². The van der Waals surface area contributed by atoms with Crippen LogP contribution < -0.4 is 5.32 Å². The number of hydrogen-bond acceptors (Lipinski definition) is 3. The van der Waals surface area contributed by atoms with Crippen LogP contribution in [0.25, 0.3) is 5.82 Å². The topological polar surface area (TPSA) is 63.1 Å². The van der Waals surface area contributed by atoms with Crippen LogP contribution in [0, 0.1) is 19.3 Å². The Morgan fingerprint density at radius 3 is 2.56 bits per heavy atom. The Hall–Kier alpha value is -2.37. The average Bonchev–Trinajstić information content (AvgIpc) is 3.01. The first kappa shape index (κ1) is 18.0. The maximum atomic E-state index is 12.8. The number of rotatable bonds is 2. The van der Waals surface area contributed by atoms with Gasteiger partial charge in [0.1, 0.15) is 0 Å². The van der Waals surface area contributed by atoms with Crippen molar-refractivity contribution in [1.29, 1.82) is 0 Å². The zero-order chi connectivity index (χ0) is 18.9. The van der Waals surface area contributed by atoms with Gasteiger partial charge in [-0.2, -0.15) is 5.10 Å². The quantitative estimate of drug-likeness (QED) is 0.852. The van der Waals surface area contributed by atoms with Gasteiger partial charge in [0.25, 0.3) is 0 Å². The van der Waals surface area contributed by atoms with Gasteiger partial charge in [0.2, 0.25) is 0 Å². The Morgan fingerprint density at radius 2 is 1.89 bits per heavy atom. The zero-order valence-corrected chi connectivity index (χ0v) is 16.4. The summed E-state index contributed by atoms with van der Waals surface area (Å²) in [4.78, 5) is 19.3. The molecular formula is C21H29N5O. The molecule has 4 rings (SSSR count). The van der Waals surface area contributed by atoms with E-state index >= 15 is 0 Å². The molecule has 6 heteroatoms. The molecule has 6 nitrogen and oxygen atoms in total. The van der Waals surface area contributed by atoms with Gasteiger partial charge in [0.05, 0.1) is 17.6 Å². The van der Waals surface area contributed by atoms with E-state index in [1.54, 1.807) is 6.20 Å². The van der Waals surface area contributed by atoms with Crippen molar-refractivity contribution in [3.8, 4) is 5.82 Å². The number of nitrogens with one attached hydrogen (secondary N) is 1. The second-order valence-electron chi connectivity index (χ2n) is 8.26. The summed E-state index contributed by atoms with van der Waals surface area (Å²) in [6.07, 6.45) is 10.6. The molecule has 2 fully saturated rings. The highest BCUT2D eigenvalue weighted by Gasteiger charge is 2.37. The van der Waals surface area contributed by atoms with Gasteiger partial charge >= 0.3 is 6.03 Å². The van der Waals surface area contributed by atoms with E-state index in [9.17, 15) is 4.79 Å². The molecule has 1 aliphatic heterocycles. The van der Waals surface area contributed by atoms with Crippen molar-refractivity contribution in [2.75, 3.05) is 18.4 Å². The molecule has 27 heavy (non-hydrogen) atoms. The van der Waals surface area contributed by atoms with Crippen molar-refractivity contribution in [3.63, 3.8) is 0 Å². The summed E-state index contributed by atoms with van der Waals surface area (Å²) in [5.74, 6) is 0.762. The van der Waals surface area contributed by atoms with Crippen molar-refractivity contribution >= 4 is 11.7 Å². The summed E-state index contributed by atoms with van der Waals surface area (Å²) in [5, 5.41) is 7.48. The molecule has 1 spiro atoms. The van der Waals surface area contributed by atoms with E-state index in [1.165, 1.54) is 38.5 Å². The van der Waals surface area contributed by atoms with Crippen LogP contribution in [0.3, 0.4) is 0 Å². The number of aromatic nitrogens is 3. The molecule has 1 aliphatic carbocycles. The molecule has 144 valence electrons. The number of anilines is 1. The van der Waals surface area contributed by atoms with E-state index in [2.05, 4.69) is 15.4 Å². The summed E-state index contributed by atoms with van der Waals surface area (Å²) >= 11 is 0. The van der Waals surface area contributed by atoms with Crippen LogP contribution in [0.15, 0.2) is 24.4 Å². The summed E-state index contributed by atoms with van der Waals surface area (Å²) in [7, 11) is 0. The molecule has 0 radical (unpaired) electrons. The standard InChI is InChI=1S/C21H29N5O/c1-16-13-17(2)26(24-16)19-8-7-18(14-22-19)23-20(27)25-12-6-11-21(15-25)9-4-3-5-10-21/h7-8,13-14H,3-6,9-12,15H2,1-2H3,(H,23,27). The summed E-state index contributed by atoms with van der Waals surface area (Å²) in [5.41, 5.74) is 3.11. The Morgan fingerprint density at radius 1 is 1.11 bits per heavy atom. The van der Waals surface area contributed by atoms with E-state index < -0.39 is 0 Å². The molecule has 0 atom stereocenters. The summed E-state index contributed by atoms with van der Waals surface area (Å²) in [6, 6.07) is 5.82. The van der Waals surface area contributed by atoms with Gasteiger partial charge < -0.3 is 10.2 Å². The lowest BCUT2D eigenvalue weighted by Gasteiger charge is -2.45. The lowest BCUT2D eigenvalue weighted by Crippen LogP contribution is -2.48. The van der Waals surface area contributed by atoms with Gasteiger partial charge in [0, 0.05) is 18.8 Å². The largest absolute Gasteiger partial charge is 0.324 e. The lowest BCUT2D eigenvalue weighted by molar-refractivity contribution is 0.0749. The molecule has 2 aromatic rings. The van der Waals surface area contributed by atoms with Crippen molar-refractivity contribution in [2.24, 2.45) is 5.41 Å². The average molecular weight is 367 g/mol. The number of carbonyl (C=O) groups excluding carboxylic acids is 1. The number of urea groups is 1. The molecule has 2 amide bonds. The van der Waals surface area contributed by atoms with Gasteiger partial charge in [-0.25, -0.2) is 14.5 Å². The van der Waals surface area contributed by atoms with Crippen LogP contribution in [-0.4, -0.2) is 38.8 Å². The highest BCUT2D eigenvalue weighted by molar-refractivity contribution is 5.89. The Labute approximate surface area is 161 Å². The third kappa shape index (κ3) is 3.84. The first-order valence-corrected chi connectivity index (χ1v) is 10.1. The minimum atomic E-state index is 0.000289. The van der Waals surface area contributed by atoms with Crippen LogP contribution in [0.5, 0.6) is 0 Å². The number of carbonyl (C=O) groups is 1. The van der Waals surface area contributed by atoms with Crippen LogP contribution >= 0.6 is 0 Å². The number of amides is 2. The van der Waals surface area contributed by atoms with Crippen LogP contribution in [0.2, 0.25) is 0 Å². The third-order valence-electron chi connectivity index (χ3n) is 6.09. The van der Waals surface area contributed by atoms with E-state index in [0.29, 0.717) is 5.41 Å². The fraction of sp³-hybridized carbons (Fsp3) is 0.571. The number of likely N-dealkylation sites (tertiary alicyclic amines) is 1. The highest BCUT2D eigenvalue weighted by atomic mass is 16.2. The van der Waals surface area contributed by atoms with E-state index in [-0.39, 0.29) is 6.03 Å². The number of hydrogen-bond donors (Lipinski definition) is 1. The number of nitrogens with zero attached hydrogens (tertiary/aromatic N) is 4. The Balaban J connectivity index is 1.41. The predicted octanol–water partition coefficient (Wildman–Crippen LogP) is 4.46. The third-order valence-corrected chi connectivity index (χ3v) is 6.09. The second kappa shape index (κ2) is 7.33. The van der Waals surface area contributed by atoms with Gasteiger partial charge in [-0.1, -0.05) is 19.3 Å². The SMILES string of the molecule is Cc1cc(C)n(-c2ccc(NC(=O)N3CCCC4(CCCCC4)C3)cn2)n1. The number of pyridine rings is 1. The van der Waals surface area contributed by atoms with Crippen LogP contribution in [-0.2, 0) is 0 Å². The predicted molar refractivity (Wildman–Crippen MR) is 106 cm³/mol. The number of aryl methyl sites for hydroxylation is 2.